The molecule has 1 heterocycles. The van der Waals surface area contributed by atoms with Crippen molar-refractivity contribution in [2.24, 2.45) is 5.92 Å². The molecule has 1 saturated heterocycles. The Labute approximate surface area is 110 Å². The average Bonchev–Trinajstić information content (AvgIpc) is 2.28. The Morgan fingerprint density at radius 2 is 2.16 bits per heavy atom. The Morgan fingerprint density at radius 1 is 1.53 bits per heavy atom. The van der Waals surface area contributed by atoms with Crippen LogP contribution < -0.4 is 0 Å². The van der Waals surface area contributed by atoms with Gasteiger partial charge >= 0.3 is 5.69 Å². The van der Waals surface area contributed by atoms with Gasteiger partial charge in [0.05, 0.1) is 10.5 Å². The first-order chi connectivity index (χ1) is 8.83. The number of nitrogens with zero attached hydrogens (tertiary/aromatic N) is 2. The normalized spacial score (nSPS) is 18.4. The zero-order chi connectivity index (χ0) is 14.2. The molecular formula is C13H17FN2O3. The van der Waals surface area contributed by atoms with Gasteiger partial charge in [-0.1, -0.05) is 26.0 Å². The first-order valence-electron chi connectivity index (χ1n) is 6.20. The molecule has 1 fully saturated rings. The Balaban J connectivity index is 2.06. The van der Waals surface area contributed by atoms with Gasteiger partial charge in [0.1, 0.15) is 0 Å². The molecule has 0 bridgehead atoms. The highest BCUT2D eigenvalue weighted by molar-refractivity contribution is 5.36. The van der Waals surface area contributed by atoms with Crippen LogP contribution in [0.5, 0.6) is 0 Å². The molecule has 1 aromatic rings. The highest BCUT2D eigenvalue weighted by Gasteiger charge is 2.43. The quantitative estimate of drug-likeness (QED) is 0.669. The van der Waals surface area contributed by atoms with Crippen LogP contribution >= 0.6 is 0 Å². The number of nitro benzene ring substituents is 1. The topological polar surface area (TPSA) is 66.6 Å². The molecule has 0 aliphatic carbocycles. The van der Waals surface area contributed by atoms with E-state index in [1.165, 1.54) is 12.1 Å². The van der Waals surface area contributed by atoms with Crippen molar-refractivity contribution in [2.45, 2.75) is 26.0 Å². The van der Waals surface area contributed by atoms with Crippen molar-refractivity contribution in [3.05, 3.63) is 39.7 Å². The number of hydrogen-bond acceptors (Lipinski definition) is 4. The fraction of sp³-hybridized carbons (Fsp3) is 0.538. The minimum atomic E-state index is -0.785. The molecule has 0 spiro atoms. The minimum absolute atomic E-state index is 0.138. The van der Waals surface area contributed by atoms with Crippen molar-refractivity contribution in [2.75, 3.05) is 13.1 Å². The lowest BCUT2D eigenvalue weighted by Gasteiger charge is -2.49. The molecule has 0 saturated carbocycles. The Morgan fingerprint density at radius 3 is 2.68 bits per heavy atom. The van der Waals surface area contributed by atoms with Crippen molar-refractivity contribution in [1.29, 1.82) is 0 Å². The van der Waals surface area contributed by atoms with Gasteiger partial charge in [-0.3, -0.25) is 15.0 Å². The van der Waals surface area contributed by atoms with E-state index >= 15 is 0 Å². The maximum atomic E-state index is 13.9. The molecule has 1 aliphatic heterocycles. The molecule has 0 radical (unpaired) electrons. The second-order valence-electron chi connectivity index (χ2n) is 5.41. The largest absolute Gasteiger partial charge is 0.387 e. The molecule has 0 atom stereocenters. The van der Waals surface area contributed by atoms with Crippen molar-refractivity contribution in [1.82, 2.24) is 4.90 Å². The summed E-state index contributed by atoms with van der Waals surface area (Å²) in [5.74, 6) is -0.647. The summed E-state index contributed by atoms with van der Waals surface area (Å²) in [4.78, 5) is 11.8. The first kappa shape index (κ1) is 13.9. The van der Waals surface area contributed by atoms with E-state index in [-0.39, 0.29) is 12.5 Å². The van der Waals surface area contributed by atoms with Crippen molar-refractivity contribution in [3.8, 4) is 0 Å². The summed E-state index contributed by atoms with van der Waals surface area (Å²) in [5.41, 5.74) is -0.936. The molecule has 104 valence electrons. The molecular weight excluding hydrogens is 251 g/mol. The molecule has 1 aromatic carbocycles. The fourth-order valence-corrected chi connectivity index (χ4v) is 2.28. The second-order valence-corrected chi connectivity index (χ2v) is 5.41. The van der Waals surface area contributed by atoms with Crippen LogP contribution in [0, 0.1) is 21.8 Å². The summed E-state index contributed by atoms with van der Waals surface area (Å²) in [7, 11) is 0. The number of likely N-dealkylation sites (tertiary alicyclic amines) is 1. The van der Waals surface area contributed by atoms with Gasteiger partial charge in [0, 0.05) is 31.3 Å². The lowest BCUT2D eigenvalue weighted by molar-refractivity contribution is -0.387. The molecule has 5 nitrogen and oxygen atoms in total. The highest BCUT2D eigenvalue weighted by atomic mass is 19.1. The van der Waals surface area contributed by atoms with Crippen molar-refractivity contribution >= 4 is 5.69 Å². The van der Waals surface area contributed by atoms with Crippen LogP contribution in [0.2, 0.25) is 0 Å². The van der Waals surface area contributed by atoms with E-state index in [1.54, 1.807) is 0 Å². The van der Waals surface area contributed by atoms with E-state index in [2.05, 4.69) is 0 Å². The van der Waals surface area contributed by atoms with Gasteiger partial charge in [-0.05, 0) is 5.92 Å². The third-order valence-corrected chi connectivity index (χ3v) is 3.72. The second kappa shape index (κ2) is 4.86. The Bertz CT molecular complexity index is 499. The molecule has 0 amide bonds. The monoisotopic (exact) mass is 268 g/mol. The summed E-state index contributed by atoms with van der Waals surface area (Å²) in [6.45, 7) is 5.08. The Kier molecular flexibility index (Phi) is 3.56. The molecule has 2 rings (SSSR count). The van der Waals surface area contributed by atoms with Crippen LogP contribution in [0.25, 0.3) is 0 Å². The SMILES string of the molecule is CC(C)C1(O)CN(Cc2cccc([N+](=O)[O-])c2F)C1. The number of halogens is 1. The van der Waals surface area contributed by atoms with E-state index < -0.39 is 22.0 Å². The van der Waals surface area contributed by atoms with E-state index in [1.807, 2.05) is 18.7 Å². The van der Waals surface area contributed by atoms with E-state index in [9.17, 15) is 19.6 Å². The van der Waals surface area contributed by atoms with E-state index in [0.717, 1.165) is 6.07 Å². The Hall–Kier alpha value is -1.53. The number of rotatable bonds is 4. The molecule has 1 aliphatic rings. The van der Waals surface area contributed by atoms with Crippen molar-refractivity contribution < 1.29 is 14.4 Å². The predicted octanol–water partition coefficient (Wildman–Crippen LogP) is 1.94. The van der Waals surface area contributed by atoms with Gasteiger partial charge in [-0.25, -0.2) is 0 Å². The van der Waals surface area contributed by atoms with E-state index in [4.69, 9.17) is 0 Å². The maximum absolute atomic E-state index is 13.9. The van der Waals surface area contributed by atoms with Gasteiger partial charge < -0.3 is 5.11 Å². The third-order valence-electron chi connectivity index (χ3n) is 3.72. The number of hydrogen-bond donors (Lipinski definition) is 1. The van der Waals surface area contributed by atoms with Gasteiger partial charge in [0.25, 0.3) is 0 Å². The number of aliphatic hydroxyl groups is 1. The minimum Gasteiger partial charge on any atom is -0.387 e. The van der Waals surface area contributed by atoms with Gasteiger partial charge in [0.15, 0.2) is 0 Å². The molecule has 0 unspecified atom stereocenters. The standard InChI is InChI=1S/C13H17FN2O3/c1-9(2)13(17)7-15(8-13)6-10-4-3-5-11(12(10)14)16(18)19/h3-5,9,17H,6-8H2,1-2H3. The lowest BCUT2D eigenvalue weighted by atomic mass is 9.83. The zero-order valence-corrected chi connectivity index (χ0v) is 11.0. The van der Waals surface area contributed by atoms with Crippen LogP contribution in [-0.4, -0.2) is 33.6 Å². The summed E-state index contributed by atoms with van der Waals surface area (Å²) < 4.78 is 13.9. The highest BCUT2D eigenvalue weighted by Crippen LogP contribution is 2.31. The summed E-state index contributed by atoms with van der Waals surface area (Å²) in [6.07, 6.45) is 0. The molecule has 19 heavy (non-hydrogen) atoms. The number of β-amino-alcohol motifs (C(OH)–C–C–N with tert-alkyl or cyclic N) is 1. The van der Waals surface area contributed by atoms with Crippen LogP contribution in [-0.2, 0) is 6.54 Å². The smallest absolute Gasteiger partial charge is 0.305 e. The molecule has 1 N–H and O–H groups in total. The third kappa shape index (κ3) is 2.59. The van der Waals surface area contributed by atoms with Gasteiger partial charge in [-0.15, -0.1) is 0 Å². The van der Waals surface area contributed by atoms with Gasteiger partial charge in [-0.2, -0.15) is 4.39 Å². The number of benzene rings is 1. The van der Waals surface area contributed by atoms with Crippen molar-refractivity contribution in [3.63, 3.8) is 0 Å². The van der Waals surface area contributed by atoms with Crippen LogP contribution in [0.15, 0.2) is 18.2 Å². The number of nitro groups is 1. The lowest BCUT2D eigenvalue weighted by Crippen LogP contribution is -2.63. The van der Waals surface area contributed by atoms with Crippen LogP contribution in [0.4, 0.5) is 10.1 Å². The zero-order valence-electron chi connectivity index (χ0n) is 11.0. The van der Waals surface area contributed by atoms with E-state index in [0.29, 0.717) is 18.7 Å². The summed E-state index contributed by atoms with van der Waals surface area (Å²) in [6, 6.07) is 4.17. The molecule has 0 aromatic heterocycles. The fourth-order valence-electron chi connectivity index (χ4n) is 2.28. The summed E-state index contributed by atoms with van der Waals surface area (Å²) >= 11 is 0. The van der Waals surface area contributed by atoms with Crippen LogP contribution in [0.1, 0.15) is 19.4 Å². The first-order valence-corrected chi connectivity index (χ1v) is 6.20. The average molecular weight is 268 g/mol. The molecule has 6 heteroatoms. The van der Waals surface area contributed by atoms with Gasteiger partial charge in [0.2, 0.25) is 5.82 Å². The maximum Gasteiger partial charge on any atom is 0.305 e. The summed E-state index contributed by atoms with van der Waals surface area (Å²) in [5, 5.41) is 20.8. The predicted molar refractivity (Wildman–Crippen MR) is 68.1 cm³/mol. The van der Waals surface area contributed by atoms with Crippen LogP contribution in [0.3, 0.4) is 0 Å².